The van der Waals surface area contributed by atoms with Gasteiger partial charge in [-0.15, -0.1) is 0 Å². The summed E-state index contributed by atoms with van der Waals surface area (Å²) in [6, 6.07) is 10.4. The van der Waals surface area contributed by atoms with Crippen molar-refractivity contribution in [1.29, 1.82) is 0 Å². The quantitative estimate of drug-likeness (QED) is 0.496. The van der Waals surface area contributed by atoms with Crippen molar-refractivity contribution >= 4 is 21.6 Å². The molecular formula is C21H27FN2O6S. The molecular weight excluding hydrogens is 427 g/mol. The highest BCUT2D eigenvalue weighted by molar-refractivity contribution is 7.92. The van der Waals surface area contributed by atoms with Gasteiger partial charge in [-0.2, -0.15) is 0 Å². The highest BCUT2D eigenvalue weighted by Crippen LogP contribution is 2.32. The van der Waals surface area contributed by atoms with E-state index in [2.05, 4.69) is 5.32 Å². The van der Waals surface area contributed by atoms with Gasteiger partial charge in [0.25, 0.3) is 0 Å². The second kappa shape index (κ2) is 11.4. The number of amides is 1. The zero-order valence-corrected chi connectivity index (χ0v) is 18.6. The van der Waals surface area contributed by atoms with Crippen molar-refractivity contribution in [3.05, 3.63) is 48.3 Å². The van der Waals surface area contributed by atoms with E-state index in [1.165, 1.54) is 42.8 Å². The third kappa shape index (κ3) is 7.63. The molecule has 0 spiro atoms. The fraction of sp³-hybridized carbons (Fsp3) is 0.381. The lowest BCUT2D eigenvalue weighted by Crippen LogP contribution is -2.33. The normalized spacial score (nSPS) is 11.0. The molecule has 0 unspecified atom stereocenters. The first kappa shape index (κ1) is 24.3. The van der Waals surface area contributed by atoms with Crippen molar-refractivity contribution in [3.8, 4) is 17.2 Å². The lowest BCUT2D eigenvalue weighted by molar-refractivity contribution is -0.121. The molecule has 1 amide bonds. The van der Waals surface area contributed by atoms with E-state index in [1.807, 2.05) is 0 Å². The van der Waals surface area contributed by atoms with Crippen LogP contribution in [0.4, 0.5) is 10.1 Å². The summed E-state index contributed by atoms with van der Waals surface area (Å²) in [5.41, 5.74) is 0.424. The lowest BCUT2D eigenvalue weighted by atomic mass is 10.2. The van der Waals surface area contributed by atoms with Gasteiger partial charge in [0.05, 0.1) is 32.7 Å². The van der Waals surface area contributed by atoms with Gasteiger partial charge in [0.15, 0.2) is 11.5 Å². The van der Waals surface area contributed by atoms with Crippen LogP contribution in [0.3, 0.4) is 0 Å². The van der Waals surface area contributed by atoms with Gasteiger partial charge in [0.2, 0.25) is 15.9 Å². The van der Waals surface area contributed by atoms with Crippen LogP contribution in [0.1, 0.15) is 12.8 Å². The van der Waals surface area contributed by atoms with Crippen LogP contribution >= 0.6 is 0 Å². The minimum absolute atomic E-state index is 0.133. The van der Waals surface area contributed by atoms with Crippen molar-refractivity contribution in [2.24, 2.45) is 0 Å². The second-order valence-corrected chi connectivity index (χ2v) is 8.54. The predicted octanol–water partition coefficient (Wildman–Crippen LogP) is 2.58. The summed E-state index contributed by atoms with van der Waals surface area (Å²) in [5, 5.41) is 2.71. The van der Waals surface area contributed by atoms with Gasteiger partial charge in [-0.3, -0.25) is 9.10 Å². The number of methoxy groups -OCH3 is 2. The number of carbonyl (C=O) groups is 1. The van der Waals surface area contributed by atoms with Crippen molar-refractivity contribution in [1.82, 2.24) is 5.32 Å². The molecule has 0 radical (unpaired) electrons. The van der Waals surface area contributed by atoms with Crippen LogP contribution in [0.25, 0.3) is 0 Å². The molecule has 0 saturated carbocycles. The van der Waals surface area contributed by atoms with E-state index >= 15 is 0 Å². The number of hydrogen-bond acceptors (Lipinski definition) is 6. The average Bonchev–Trinajstić information content (AvgIpc) is 2.74. The Balaban J connectivity index is 1.83. The molecule has 0 aromatic heterocycles. The summed E-state index contributed by atoms with van der Waals surface area (Å²) < 4.78 is 54.4. The smallest absolute Gasteiger partial charge is 0.232 e. The molecule has 2 aromatic rings. The number of ether oxygens (including phenoxy) is 3. The number of nitrogens with one attached hydrogen (secondary N) is 1. The summed E-state index contributed by atoms with van der Waals surface area (Å²) in [6.07, 6.45) is 1.58. The van der Waals surface area contributed by atoms with Gasteiger partial charge in [-0.1, -0.05) is 0 Å². The van der Waals surface area contributed by atoms with Crippen LogP contribution in [0.2, 0.25) is 0 Å². The molecule has 8 nitrogen and oxygen atoms in total. The van der Waals surface area contributed by atoms with Gasteiger partial charge in [0, 0.05) is 19.0 Å². The van der Waals surface area contributed by atoms with Crippen LogP contribution in [0.15, 0.2) is 42.5 Å². The number of hydrogen-bond donors (Lipinski definition) is 1. The molecule has 1 N–H and O–H groups in total. The van der Waals surface area contributed by atoms with Gasteiger partial charge < -0.3 is 19.5 Å². The summed E-state index contributed by atoms with van der Waals surface area (Å²) in [4.78, 5) is 12.0. The molecule has 0 saturated heterocycles. The van der Waals surface area contributed by atoms with Gasteiger partial charge >= 0.3 is 0 Å². The van der Waals surface area contributed by atoms with E-state index in [-0.39, 0.29) is 37.8 Å². The molecule has 0 aliphatic heterocycles. The summed E-state index contributed by atoms with van der Waals surface area (Å²) in [6.45, 7) is 0.647. The van der Waals surface area contributed by atoms with E-state index in [4.69, 9.17) is 14.2 Å². The van der Waals surface area contributed by atoms with Crippen LogP contribution < -0.4 is 23.8 Å². The van der Waals surface area contributed by atoms with Crippen LogP contribution in [-0.4, -0.2) is 54.5 Å². The summed E-state index contributed by atoms with van der Waals surface area (Å²) in [7, 11) is -0.593. The van der Waals surface area contributed by atoms with Crippen molar-refractivity contribution < 1.29 is 31.8 Å². The van der Waals surface area contributed by atoms with Crippen molar-refractivity contribution in [2.45, 2.75) is 12.8 Å². The van der Waals surface area contributed by atoms with Crippen LogP contribution in [0, 0.1) is 5.82 Å². The number of halogens is 1. The SMILES string of the molecule is COc1ccc(N(CCCC(=O)NCCOc2ccc(F)cc2)S(C)(=O)=O)cc1OC. The second-order valence-electron chi connectivity index (χ2n) is 6.63. The molecule has 0 aliphatic rings. The first-order valence-electron chi connectivity index (χ1n) is 9.59. The Bertz CT molecular complexity index is 966. The molecule has 0 heterocycles. The minimum atomic E-state index is -3.56. The van der Waals surface area contributed by atoms with Gasteiger partial charge in [0.1, 0.15) is 18.2 Å². The largest absolute Gasteiger partial charge is 0.493 e. The van der Waals surface area contributed by atoms with Crippen molar-refractivity contribution in [2.75, 3.05) is 44.5 Å². The van der Waals surface area contributed by atoms with Gasteiger partial charge in [-0.25, -0.2) is 12.8 Å². The molecule has 10 heteroatoms. The first-order valence-corrected chi connectivity index (χ1v) is 11.4. The van der Waals surface area contributed by atoms with Crippen LogP contribution in [0.5, 0.6) is 17.2 Å². The average molecular weight is 455 g/mol. The Kier molecular flexibility index (Phi) is 8.92. The summed E-state index contributed by atoms with van der Waals surface area (Å²) in [5.74, 6) is 0.837. The maximum Gasteiger partial charge on any atom is 0.232 e. The zero-order valence-electron chi connectivity index (χ0n) is 17.8. The Morgan fingerprint density at radius 1 is 1.06 bits per heavy atom. The molecule has 2 rings (SSSR count). The Morgan fingerprint density at radius 2 is 1.74 bits per heavy atom. The van der Waals surface area contributed by atoms with E-state index in [9.17, 15) is 17.6 Å². The fourth-order valence-corrected chi connectivity index (χ4v) is 3.79. The molecule has 0 bridgehead atoms. The van der Waals surface area contributed by atoms with E-state index in [1.54, 1.807) is 18.2 Å². The number of anilines is 1. The molecule has 2 aromatic carbocycles. The topological polar surface area (TPSA) is 94.2 Å². The maximum atomic E-state index is 12.8. The van der Waals surface area contributed by atoms with Crippen molar-refractivity contribution in [3.63, 3.8) is 0 Å². The number of rotatable bonds is 12. The third-order valence-corrected chi connectivity index (χ3v) is 5.52. The van der Waals surface area contributed by atoms with E-state index < -0.39 is 10.0 Å². The number of nitrogens with zero attached hydrogens (tertiary/aromatic N) is 1. The molecule has 0 aliphatic carbocycles. The zero-order chi connectivity index (χ0) is 22.9. The molecule has 0 atom stereocenters. The number of carbonyl (C=O) groups excluding carboxylic acids is 1. The molecule has 0 fully saturated rings. The Morgan fingerprint density at radius 3 is 2.35 bits per heavy atom. The standard InChI is InChI=1S/C21H27FN2O6S/c1-28-19-11-8-17(15-20(19)29-2)24(31(3,26)27)13-4-5-21(25)23-12-14-30-18-9-6-16(22)7-10-18/h6-11,15H,4-5,12-14H2,1-3H3,(H,23,25). The van der Waals surface area contributed by atoms with E-state index in [0.717, 1.165) is 6.26 Å². The van der Waals surface area contributed by atoms with Crippen LogP contribution in [-0.2, 0) is 14.8 Å². The number of sulfonamides is 1. The first-order chi connectivity index (χ1) is 14.7. The Labute approximate surface area is 182 Å². The molecule has 170 valence electrons. The number of benzene rings is 2. The van der Waals surface area contributed by atoms with Gasteiger partial charge in [-0.05, 0) is 42.8 Å². The van der Waals surface area contributed by atoms with E-state index in [0.29, 0.717) is 29.4 Å². The minimum Gasteiger partial charge on any atom is -0.493 e. The maximum absolute atomic E-state index is 12.8. The summed E-state index contributed by atoms with van der Waals surface area (Å²) >= 11 is 0. The highest BCUT2D eigenvalue weighted by atomic mass is 32.2. The Hall–Kier alpha value is -3.01. The fourth-order valence-electron chi connectivity index (χ4n) is 2.83. The third-order valence-electron chi connectivity index (χ3n) is 4.33. The molecule has 31 heavy (non-hydrogen) atoms. The predicted molar refractivity (Wildman–Crippen MR) is 116 cm³/mol. The highest BCUT2D eigenvalue weighted by Gasteiger charge is 2.19. The lowest BCUT2D eigenvalue weighted by Gasteiger charge is -2.23. The monoisotopic (exact) mass is 454 g/mol.